The van der Waals surface area contributed by atoms with E-state index >= 15 is 0 Å². The third kappa shape index (κ3) is 0.610. The Kier molecular flexibility index (Phi) is 1.06. The highest BCUT2D eigenvalue weighted by Gasteiger charge is 2.17. The second kappa shape index (κ2) is 1.60. The van der Waals surface area contributed by atoms with Gasteiger partial charge < -0.3 is 0 Å². The zero-order valence-electron chi connectivity index (χ0n) is 3.84. The highest BCUT2D eigenvalue weighted by atomic mass is 16.8. The van der Waals surface area contributed by atoms with E-state index in [1.165, 1.54) is 0 Å². The molecule has 0 aliphatic carbocycles. The van der Waals surface area contributed by atoms with Gasteiger partial charge in [-0.25, -0.2) is 0 Å². The van der Waals surface area contributed by atoms with E-state index in [4.69, 9.17) is 15.6 Å². The summed E-state index contributed by atoms with van der Waals surface area (Å²) in [6.07, 6.45) is 2.11. The van der Waals surface area contributed by atoms with Crippen LogP contribution in [0.1, 0.15) is 0 Å². The second-order valence-electron chi connectivity index (χ2n) is 1.21. The number of hydrogen-bond acceptors (Lipinski definition) is 6. The van der Waals surface area contributed by atoms with Crippen molar-refractivity contribution >= 4 is 0 Å². The van der Waals surface area contributed by atoms with Gasteiger partial charge in [0, 0.05) is 5.28 Å². The van der Waals surface area contributed by atoms with Gasteiger partial charge in [0.2, 0.25) is 0 Å². The fraction of sp³-hybridized carbons (Fsp3) is 0. The molecule has 0 aromatic heterocycles. The molecule has 6 nitrogen and oxygen atoms in total. The van der Waals surface area contributed by atoms with Crippen molar-refractivity contribution in [3.8, 4) is 0 Å². The van der Waals surface area contributed by atoms with Gasteiger partial charge in [0.25, 0.3) is 0 Å². The van der Waals surface area contributed by atoms with E-state index in [1.807, 2.05) is 0 Å². The van der Waals surface area contributed by atoms with Crippen molar-refractivity contribution in [3.63, 3.8) is 0 Å². The van der Waals surface area contributed by atoms with Gasteiger partial charge in [-0.05, 0) is 0 Å². The van der Waals surface area contributed by atoms with Gasteiger partial charge in [0.1, 0.15) is 0 Å². The second-order valence-corrected chi connectivity index (χ2v) is 1.21. The quantitative estimate of drug-likeness (QED) is 0.394. The first-order valence-electron chi connectivity index (χ1n) is 1.85. The Bertz CT molecular complexity index is 103. The molecule has 0 bridgehead atoms. The van der Waals surface area contributed by atoms with Gasteiger partial charge in [-0.15, -0.1) is 10.3 Å². The summed E-state index contributed by atoms with van der Waals surface area (Å²) in [4.78, 5) is 0. The Hall–Kier alpha value is -0.820. The van der Waals surface area contributed by atoms with Crippen LogP contribution in [0.3, 0.4) is 0 Å². The maximum absolute atomic E-state index is 8.39. The lowest BCUT2D eigenvalue weighted by Gasteiger charge is -2.18. The molecule has 0 aromatic rings. The molecule has 0 saturated carbocycles. The summed E-state index contributed by atoms with van der Waals surface area (Å²) in [7, 11) is 0. The van der Waals surface area contributed by atoms with Crippen molar-refractivity contribution in [3.05, 3.63) is 12.4 Å². The molecule has 0 aromatic carbocycles. The number of nitrogens with zero attached hydrogens (tertiary/aromatic N) is 3. The lowest BCUT2D eigenvalue weighted by molar-refractivity contribution is -0.462. The summed E-state index contributed by atoms with van der Waals surface area (Å²) in [5.74, 6) is 0. The molecule has 3 N–H and O–H groups in total. The van der Waals surface area contributed by atoms with E-state index in [0.717, 1.165) is 12.4 Å². The first-order valence-corrected chi connectivity index (χ1v) is 1.85. The van der Waals surface area contributed by atoms with E-state index in [1.54, 1.807) is 0 Å². The third-order valence-electron chi connectivity index (χ3n) is 0.700. The summed E-state index contributed by atoms with van der Waals surface area (Å²) in [6.45, 7) is 0. The Morgan fingerprint density at radius 2 is 1.25 bits per heavy atom. The number of hydrazine groups is 2. The van der Waals surface area contributed by atoms with Crippen LogP contribution in [0, 0.1) is 0 Å². The maximum atomic E-state index is 8.39. The minimum atomic E-state index is 0.111. The molecular weight excluding hydrogens is 114 g/mol. The molecule has 8 heavy (non-hydrogen) atoms. The van der Waals surface area contributed by atoms with Crippen molar-refractivity contribution in [1.82, 2.24) is 15.6 Å². The molecule has 1 aliphatic rings. The highest BCUT2D eigenvalue weighted by molar-refractivity contribution is 4.75. The normalized spacial score (nSPS) is 20.9. The first kappa shape index (κ1) is 5.32. The van der Waals surface area contributed by atoms with Crippen LogP contribution in [-0.4, -0.2) is 31.2 Å². The number of hydroxylamine groups is 2. The lowest BCUT2D eigenvalue weighted by Crippen LogP contribution is -2.37. The molecule has 1 rings (SSSR count). The van der Waals surface area contributed by atoms with Gasteiger partial charge in [-0.1, -0.05) is 0 Å². The molecular formula is C2H5N3O3. The minimum absolute atomic E-state index is 0.111. The largest absolute Gasteiger partial charge is 0.273 e. The van der Waals surface area contributed by atoms with Crippen LogP contribution in [-0.2, 0) is 0 Å². The van der Waals surface area contributed by atoms with Crippen molar-refractivity contribution in [2.75, 3.05) is 0 Å². The molecule has 0 amide bonds. The average Bonchev–Trinajstić information content (AvgIpc) is 1.98. The SMILES string of the molecule is ON1C=CN(O)N1O. The Labute approximate surface area is 44.9 Å². The minimum Gasteiger partial charge on any atom is -0.273 e. The van der Waals surface area contributed by atoms with Crippen LogP contribution in [0.5, 0.6) is 0 Å². The monoisotopic (exact) mass is 119 g/mol. The van der Waals surface area contributed by atoms with E-state index < -0.39 is 0 Å². The zero-order chi connectivity index (χ0) is 6.15. The third-order valence-corrected chi connectivity index (χ3v) is 0.700. The summed E-state index contributed by atoms with van der Waals surface area (Å²) in [5.41, 5.74) is 0. The lowest BCUT2D eigenvalue weighted by atomic mass is 11.0. The van der Waals surface area contributed by atoms with Crippen LogP contribution >= 0.6 is 0 Å². The molecule has 6 heteroatoms. The molecule has 1 heterocycles. The summed E-state index contributed by atoms with van der Waals surface area (Å²) < 4.78 is 0. The van der Waals surface area contributed by atoms with Gasteiger partial charge in [0.05, 0.1) is 12.4 Å². The van der Waals surface area contributed by atoms with Crippen molar-refractivity contribution < 1.29 is 15.6 Å². The van der Waals surface area contributed by atoms with Crippen molar-refractivity contribution in [2.24, 2.45) is 0 Å². The van der Waals surface area contributed by atoms with Crippen LogP contribution < -0.4 is 0 Å². The Balaban J connectivity index is 2.55. The molecule has 1 aliphatic heterocycles. The summed E-state index contributed by atoms with van der Waals surface area (Å²) in [6, 6.07) is 0. The first-order chi connectivity index (χ1) is 3.72. The van der Waals surface area contributed by atoms with E-state index in [9.17, 15) is 0 Å². The molecule has 46 valence electrons. The fourth-order valence-corrected chi connectivity index (χ4v) is 0.332. The van der Waals surface area contributed by atoms with Crippen LogP contribution in [0.15, 0.2) is 12.4 Å². The predicted molar refractivity (Wildman–Crippen MR) is 20.0 cm³/mol. The Morgan fingerprint density at radius 3 is 1.38 bits per heavy atom. The number of hydrogen-bond donors (Lipinski definition) is 3. The standard InChI is InChI=1S/C2H5N3O3/c6-3-1-2-4(7)5(3)8/h1-2,6-8H. The van der Waals surface area contributed by atoms with E-state index in [2.05, 4.69) is 0 Å². The molecule has 0 atom stereocenters. The van der Waals surface area contributed by atoms with E-state index in [0.29, 0.717) is 10.3 Å². The smallest absolute Gasteiger partial charge is 0.0708 e. The van der Waals surface area contributed by atoms with Crippen LogP contribution in [0.25, 0.3) is 0 Å². The zero-order valence-corrected chi connectivity index (χ0v) is 3.84. The van der Waals surface area contributed by atoms with Gasteiger partial charge in [0.15, 0.2) is 0 Å². The highest BCUT2D eigenvalue weighted by Crippen LogP contribution is 2.03. The van der Waals surface area contributed by atoms with Gasteiger partial charge in [-0.2, -0.15) is 0 Å². The van der Waals surface area contributed by atoms with Gasteiger partial charge in [-0.3, -0.25) is 15.6 Å². The number of rotatable bonds is 0. The topological polar surface area (TPSA) is 70.4 Å². The van der Waals surface area contributed by atoms with Crippen LogP contribution in [0.2, 0.25) is 0 Å². The fourth-order valence-electron chi connectivity index (χ4n) is 0.332. The molecule has 0 radical (unpaired) electrons. The average molecular weight is 119 g/mol. The van der Waals surface area contributed by atoms with Gasteiger partial charge >= 0.3 is 0 Å². The predicted octanol–water partition coefficient (Wildman–Crippen LogP) is -0.625. The molecule has 0 spiro atoms. The molecule has 0 unspecified atom stereocenters. The molecule has 0 saturated heterocycles. The van der Waals surface area contributed by atoms with Crippen molar-refractivity contribution in [2.45, 2.75) is 0 Å². The van der Waals surface area contributed by atoms with Crippen molar-refractivity contribution in [1.29, 1.82) is 0 Å². The summed E-state index contributed by atoms with van der Waals surface area (Å²) in [5, 5.41) is 25.9. The maximum Gasteiger partial charge on any atom is 0.0708 e. The van der Waals surface area contributed by atoms with E-state index in [-0.39, 0.29) is 5.28 Å². The van der Waals surface area contributed by atoms with Crippen LogP contribution in [0.4, 0.5) is 0 Å². The Morgan fingerprint density at radius 1 is 0.875 bits per heavy atom. The molecule has 0 fully saturated rings. The summed E-state index contributed by atoms with van der Waals surface area (Å²) >= 11 is 0.